The van der Waals surface area contributed by atoms with Crippen molar-refractivity contribution in [2.75, 3.05) is 18.5 Å². The molecule has 16 heavy (non-hydrogen) atoms. The Morgan fingerprint density at radius 1 is 1.62 bits per heavy atom. The third-order valence-corrected chi connectivity index (χ3v) is 2.42. The van der Waals surface area contributed by atoms with E-state index in [0.717, 1.165) is 0 Å². The first-order chi connectivity index (χ1) is 7.56. The van der Waals surface area contributed by atoms with Gasteiger partial charge in [0.2, 0.25) is 0 Å². The maximum atomic E-state index is 10.5. The molecule has 0 saturated heterocycles. The Labute approximate surface area is 98.0 Å². The summed E-state index contributed by atoms with van der Waals surface area (Å²) in [6, 6.07) is 6.30. The number of non-ortho nitro benzene ring substituents is 1. The van der Waals surface area contributed by atoms with Crippen LogP contribution in [0.1, 0.15) is 6.42 Å². The summed E-state index contributed by atoms with van der Waals surface area (Å²) in [5, 5.41) is 19.3. The lowest BCUT2D eigenvalue weighted by atomic mass is 10.2. The van der Waals surface area contributed by atoms with Gasteiger partial charge in [-0.25, -0.2) is 0 Å². The fraction of sp³-hybridized carbons (Fsp3) is 0.300. The van der Waals surface area contributed by atoms with Crippen molar-refractivity contribution in [1.29, 1.82) is 5.26 Å². The van der Waals surface area contributed by atoms with Crippen molar-refractivity contribution >= 4 is 23.0 Å². The molecular weight excluding hydrogens is 230 g/mol. The van der Waals surface area contributed by atoms with Crippen LogP contribution < -0.4 is 4.90 Å². The van der Waals surface area contributed by atoms with Crippen LogP contribution in [0.2, 0.25) is 5.02 Å². The maximum absolute atomic E-state index is 10.5. The van der Waals surface area contributed by atoms with Gasteiger partial charge in [-0.2, -0.15) is 5.26 Å². The average molecular weight is 240 g/mol. The molecule has 84 valence electrons. The highest BCUT2D eigenvalue weighted by atomic mass is 35.5. The highest BCUT2D eigenvalue weighted by molar-refractivity contribution is 6.33. The minimum Gasteiger partial charge on any atom is -0.372 e. The molecule has 0 aliphatic heterocycles. The third-order valence-electron chi connectivity index (χ3n) is 2.11. The number of halogens is 1. The van der Waals surface area contributed by atoms with E-state index in [2.05, 4.69) is 0 Å². The molecule has 0 aliphatic carbocycles. The Morgan fingerprint density at radius 2 is 2.31 bits per heavy atom. The van der Waals surface area contributed by atoms with Crippen LogP contribution in [0.3, 0.4) is 0 Å². The van der Waals surface area contributed by atoms with Gasteiger partial charge >= 0.3 is 0 Å². The number of nitro groups is 1. The van der Waals surface area contributed by atoms with Crippen molar-refractivity contribution in [3.63, 3.8) is 0 Å². The number of hydrogen-bond donors (Lipinski definition) is 0. The minimum atomic E-state index is -0.495. The summed E-state index contributed by atoms with van der Waals surface area (Å²) in [7, 11) is 1.78. The largest absolute Gasteiger partial charge is 0.372 e. The van der Waals surface area contributed by atoms with Crippen molar-refractivity contribution in [3.8, 4) is 6.07 Å². The van der Waals surface area contributed by atoms with Crippen LogP contribution in [-0.2, 0) is 0 Å². The summed E-state index contributed by atoms with van der Waals surface area (Å²) in [6.07, 6.45) is 0.379. The Bertz CT molecular complexity index is 442. The lowest BCUT2D eigenvalue weighted by molar-refractivity contribution is -0.384. The highest BCUT2D eigenvalue weighted by Crippen LogP contribution is 2.28. The lowest BCUT2D eigenvalue weighted by Crippen LogP contribution is -2.18. The van der Waals surface area contributed by atoms with E-state index >= 15 is 0 Å². The highest BCUT2D eigenvalue weighted by Gasteiger charge is 2.11. The van der Waals surface area contributed by atoms with Gasteiger partial charge in [0.15, 0.2) is 0 Å². The predicted molar refractivity (Wildman–Crippen MR) is 61.6 cm³/mol. The molecule has 0 bridgehead atoms. The number of nitro benzene ring substituents is 1. The van der Waals surface area contributed by atoms with Crippen LogP contribution in [0.4, 0.5) is 11.4 Å². The first-order valence-corrected chi connectivity index (χ1v) is 4.96. The molecule has 1 aromatic rings. The van der Waals surface area contributed by atoms with Crippen LogP contribution in [-0.4, -0.2) is 18.5 Å². The summed E-state index contributed by atoms with van der Waals surface area (Å²) in [4.78, 5) is 11.8. The van der Waals surface area contributed by atoms with E-state index in [1.807, 2.05) is 6.07 Å². The molecule has 0 amide bonds. The Morgan fingerprint density at radius 3 is 2.81 bits per heavy atom. The van der Waals surface area contributed by atoms with E-state index in [9.17, 15) is 10.1 Å². The fourth-order valence-electron chi connectivity index (χ4n) is 1.26. The molecule has 0 N–H and O–H groups in total. The molecule has 5 nitrogen and oxygen atoms in total. The molecule has 0 radical (unpaired) electrons. The molecular formula is C10H10ClN3O2. The SMILES string of the molecule is CN(CCC#N)c1ccc([N+](=O)[O-])cc1Cl. The number of rotatable bonds is 4. The van der Waals surface area contributed by atoms with E-state index < -0.39 is 4.92 Å². The number of hydrogen-bond acceptors (Lipinski definition) is 4. The topological polar surface area (TPSA) is 70.2 Å². The van der Waals surface area contributed by atoms with Crippen molar-refractivity contribution in [1.82, 2.24) is 0 Å². The first kappa shape index (κ1) is 12.3. The molecule has 0 heterocycles. The van der Waals surface area contributed by atoms with Gasteiger partial charge in [-0.15, -0.1) is 0 Å². The molecule has 0 saturated carbocycles. The van der Waals surface area contributed by atoms with E-state index in [1.165, 1.54) is 12.1 Å². The fourth-order valence-corrected chi connectivity index (χ4v) is 1.58. The summed E-state index contributed by atoms with van der Waals surface area (Å²) in [5.41, 5.74) is 0.643. The minimum absolute atomic E-state index is 0.0394. The van der Waals surface area contributed by atoms with E-state index in [4.69, 9.17) is 16.9 Å². The molecule has 0 spiro atoms. The summed E-state index contributed by atoms with van der Waals surface area (Å²) < 4.78 is 0. The second-order valence-electron chi connectivity index (χ2n) is 3.22. The zero-order valence-electron chi connectivity index (χ0n) is 8.68. The van der Waals surface area contributed by atoms with Gasteiger partial charge < -0.3 is 4.90 Å². The van der Waals surface area contributed by atoms with Gasteiger partial charge in [0.1, 0.15) is 0 Å². The zero-order chi connectivity index (χ0) is 12.1. The Balaban J connectivity index is 2.91. The standard InChI is InChI=1S/C10H10ClN3O2/c1-13(6-2-5-12)10-4-3-8(14(15)16)7-9(10)11/h3-4,7H,2,6H2,1H3. The molecule has 0 aliphatic rings. The molecule has 0 aromatic heterocycles. The normalized spacial score (nSPS) is 9.56. The van der Waals surface area contributed by atoms with Crippen molar-refractivity contribution in [2.24, 2.45) is 0 Å². The van der Waals surface area contributed by atoms with Gasteiger partial charge in [-0.1, -0.05) is 11.6 Å². The van der Waals surface area contributed by atoms with E-state index in [-0.39, 0.29) is 5.69 Å². The number of anilines is 1. The second kappa shape index (κ2) is 5.33. The van der Waals surface area contributed by atoms with E-state index in [0.29, 0.717) is 23.7 Å². The van der Waals surface area contributed by atoms with Crippen LogP contribution >= 0.6 is 11.6 Å². The summed E-state index contributed by atoms with van der Waals surface area (Å²) in [6.45, 7) is 0.536. The molecule has 0 atom stereocenters. The second-order valence-corrected chi connectivity index (χ2v) is 3.63. The summed E-state index contributed by atoms with van der Waals surface area (Å²) >= 11 is 5.92. The van der Waals surface area contributed by atoms with Gasteiger partial charge in [0, 0.05) is 25.7 Å². The summed E-state index contributed by atoms with van der Waals surface area (Å²) in [5.74, 6) is 0. The van der Waals surface area contributed by atoms with Crippen LogP contribution in [0.15, 0.2) is 18.2 Å². The van der Waals surface area contributed by atoms with Crippen LogP contribution in [0.5, 0.6) is 0 Å². The van der Waals surface area contributed by atoms with Gasteiger partial charge in [-0.05, 0) is 6.07 Å². The van der Waals surface area contributed by atoms with Gasteiger partial charge in [0.05, 0.1) is 28.1 Å². The lowest BCUT2D eigenvalue weighted by Gasteiger charge is -2.18. The number of benzene rings is 1. The van der Waals surface area contributed by atoms with E-state index in [1.54, 1.807) is 18.0 Å². The third kappa shape index (κ3) is 2.84. The molecule has 0 fully saturated rings. The van der Waals surface area contributed by atoms with Gasteiger partial charge in [0.25, 0.3) is 5.69 Å². The number of nitrogens with zero attached hydrogens (tertiary/aromatic N) is 3. The molecule has 0 unspecified atom stereocenters. The van der Waals surface area contributed by atoms with Gasteiger partial charge in [-0.3, -0.25) is 10.1 Å². The molecule has 1 aromatic carbocycles. The zero-order valence-corrected chi connectivity index (χ0v) is 9.44. The Hall–Kier alpha value is -1.80. The van der Waals surface area contributed by atoms with Crippen LogP contribution in [0, 0.1) is 21.4 Å². The van der Waals surface area contributed by atoms with Crippen molar-refractivity contribution < 1.29 is 4.92 Å². The average Bonchev–Trinajstić information content (AvgIpc) is 2.25. The first-order valence-electron chi connectivity index (χ1n) is 4.58. The number of nitriles is 1. The quantitative estimate of drug-likeness (QED) is 0.598. The Kier molecular flexibility index (Phi) is 4.09. The maximum Gasteiger partial charge on any atom is 0.271 e. The molecule has 1 rings (SSSR count). The van der Waals surface area contributed by atoms with Crippen molar-refractivity contribution in [2.45, 2.75) is 6.42 Å². The monoisotopic (exact) mass is 239 g/mol. The van der Waals surface area contributed by atoms with Crippen LogP contribution in [0.25, 0.3) is 0 Å². The predicted octanol–water partition coefficient (Wildman–Crippen LogP) is 2.60. The molecule has 6 heteroatoms. The smallest absolute Gasteiger partial charge is 0.271 e. The van der Waals surface area contributed by atoms with Crippen molar-refractivity contribution in [3.05, 3.63) is 33.3 Å².